The van der Waals surface area contributed by atoms with Gasteiger partial charge in [0, 0.05) is 12.1 Å². The van der Waals surface area contributed by atoms with Gasteiger partial charge in [0.25, 0.3) is 15.9 Å². The zero-order valence-corrected chi connectivity index (χ0v) is 27.6. The van der Waals surface area contributed by atoms with Crippen molar-refractivity contribution in [2.75, 3.05) is 11.4 Å². The minimum absolute atomic E-state index is 0.0212. The zero-order chi connectivity index (χ0) is 34.1. The van der Waals surface area contributed by atoms with Gasteiger partial charge in [-0.2, -0.15) is 8.87 Å². The van der Waals surface area contributed by atoms with Gasteiger partial charge in [-0.1, -0.05) is 72.8 Å². The summed E-state index contributed by atoms with van der Waals surface area (Å²) in [6, 6.07) is 40.1. The van der Waals surface area contributed by atoms with E-state index in [2.05, 4.69) is 0 Å². The first-order valence-electron chi connectivity index (χ1n) is 15.5. The Balaban J connectivity index is 1.40. The number of fused-ring (bicyclic) bond motifs is 3. The molecule has 0 unspecified atom stereocenters. The molecule has 0 spiro atoms. The number of benzene rings is 6. The fourth-order valence-corrected chi connectivity index (χ4v) is 7.51. The molecule has 0 bridgehead atoms. The van der Waals surface area contributed by atoms with Gasteiger partial charge in [-0.15, -0.1) is 0 Å². The Morgan fingerprint density at radius 2 is 1.37 bits per heavy atom. The van der Waals surface area contributed by atoms with Gasteiger partial charge in [0.15, 0.2) is 0 Å². The maximum Gasteiger partial charge on any atom is 0.338 e. The highest BCUT2D eigenvalue weighted by Crippen LogP contribution is 2.34. The van der Waals surface area contributed by atoms with E-state index in [-0.39, 0.29) is 28.3 Å². The molecule has 7 aromatic rings. The number of rotatable bonds is 8. The van der Waals surface area contributed by atoms with Crippen molar-refractivity contribution in [2.45, 2.75) is 11.5 Å². The Morgan fingerprint density at radius 1 is 0.694 bits per heavy atom. The predicted molar refractivity (Wildman–Crippen MR) is 189 cm³/mol. The molecule has 1 amide bonds. The molecule has 0 N–H and O–H groups in total. The SMILES string of the molecule is COc1ccc(N(C(=O)c2c3ccccc3[n+](C)c3cc4ccccc4cc23)S(=O)(=O)c2cccc(C(=O)OCc3ccccc3)c2)cc1. The maximum atomic E-state index is 15.1. The van der Waals surface area contributed by atoms with Crippen LogP contribution in [0.2, 0.25) is 0 Å². The summed E-state index contributed by atoms with van der Waals surface area (Å²) in [6.07, 6.45) is 0. The van der Waals surface area contributed by atoms with Crippen molar-refractivity contribution in [3.63, 3.8) is 0 Å². The number of sulfonamides is 1. The molecule has 0 saturated heterocycles. The molecule has 49 heavy (non-hydrogen) atoms. The van der Waals surface area contributed by atoms with Gasteiger partial charge < -0.3 is 9.47 Å². The standard InChI is InChI=1S/C40H31N2O6S/c1-41-36-18-9-8-17-34(36)38(35-24-28-13-6-7-14-29(28)25-37(35)41)39(43)42(31-19-21-32(47-2)22-20-31)49(45,46)33-16-10-15-30(23-33)40(44)48-26-27-11-4-3-5-12-27/h3-25H,26H2,1-2H3/q+1. The van der Waals surface area contributed by atoms with Crippen LogP contribution in [0.15, 0.2) is 144 Å². The number of hydrogen-bond donors (Lipinski definition) is 0. The van der Waals surface area contributed by atoms with Gasteiger partial charge in [0.1, 0.15) is 19.4 Å². The quantitative estimate of drug-likeness (QED) is 0.0955. The molecule has 0 atom stereocenters. The van der Waals surface area contributed by atoms with E-state index in [1.54, 1.807) is 12.1 Å². The number of nitrogens with zero attached hydrogens (tertiary/aromatic N) is 2. The van der Waals surface area contributed by atoms with Crippen molar-refractivity contribution < 1.29 is 32.0 Å². The van der Waals surface area contributed by atoms with Crippen molar-refractivity contribution in [3.05, 3.63) is 156 Å². The van der Waals surface area contributed by atoms with Crippen LogP contribution in [0.3, 0.4) is 0 Å². The summed E-state index contributed by atoms with van der Waals surface area (Å²) in [5, 5.41) is 3.07. The molecule has 8 nitrogen and oxygen atoms in total. The average molecular weight is 668 g/mol. The molecule has 1 heterocycles. The number of esters is 1. The second-order valence-electron chi connectivity index (χ2n) is 11.5. The van der Waals surface area contributed by atoms with Gasteiger partial charge in [0.2, 0.25) is 11.0 Å². The van der Waals surface area contributed by atoms with Crippen molar-refractivity contribution >= 4 is 60.2 Å². The number of pyridine rings is 1. The van der Waals surface area contributed by atoms with Gasteiger partial charge in [-0.05, 0) is 70.9 Å². The minimum atomic E-state index is -4.61. The summed E-state index contributed by atoms with van der Waals surface area (Å²) in [6.45, 7) is 0.0212. The average Bonchev–Trinajstić information content (AvgIpc) is 3.14. The summed E-state index contributed by atoms with van der Waals surface area (Å²) in [5.74, 6) is -0.951. The summed E-state index contributed by atoms with van der Waals surface area (Å²) < 4.78 is 43.1. The number of anilines is 1. The number of aryl methyl sites for hydroxylation is 1. The molecule has 242 valence electrons. The molecule has 0 saturated carbocycles. The summed E-state index contributed by atoms with van der Waals surface area (Å²) >= 11 is 0. The third-order valence-electron chi connectivity index (χ3n) is 8.56. The lowest BCUT2D eigenvalue weighted by atomic mass is 9.98. The van der Waals surface area contributed by atoms with Crippen molar-refractivity contribution in [2.24, 2.45) is 7.05 Å². The Hall–Kier alpha value is -6.06. The molecule has 1 aromatic heterocycles. The monoisotopic (exact) mass is 667 g/mol. The lowest BCUT2D eigenvalue weighted by Crippen LogP contribution is -2.39. The van der Waals surface area contributed by atoms with Gasteiger partial charge >= 0.3 is 5.97 Å². The fourth-order valence-electron chi connectivity index (χ4n) is 6.07. The summed E-state index contributed by atoms with van der Waals surface area (Å²) in [5.41, 5.74) is 2.67. The minimum Gasteiger partial charge on any atom is -0.497 e. The molecule has 0 aliphatic rings. The third-order valence-corrected chi connectivity index (χ3v) is 10.3. The second-order valence-corrected chi connectivity index (χ2v) is 13.3. The number of para-hydroxylation sites is 1. The van der Waals surface area contributed by atoms with Crippen LogP contribution in [0.25, 0.3) is 32.6 Å². The molecule has 7 rings (SSSR count). The van der Waals surface area contributed by atoms with Crippen molar-refractivity contribution in [3.8, 4) is 5.75 Å². The number of amides is 1. The lowest BCUT2D eigenvalue weighted by molar-refractivity contribution is -0.617. The van der Waals surface area contributed by atoms with Crippen LogP contribution in [0.4, 0.5) is 5.69 Å². The van der Waals surface area contributed by atoms with Crippen molar-refractivity contribution in [1.29, 1.82) is 0 Å². The molecule has 9 heteroatoms. The highest BCUT2D eigenvalue weighted by molar-refractivity contribution is 7.93. The van der Waals surface area contributed by atoms with E-state index in [1.165, 1.54) is 43.5 Å². The number of hydrogen-bond acceptors (Lipinski definition) is 6. The third kappa shape index (κ3) is 5.85. The van der Waals surface area contributed by atoms with E-state index in [0.29, 0.717) is 16.5 Å². The molecule has 0 fully saturated rings. The Bertz CT molecular complexity index is 2500. The van der Waals surface area contributed by atoms with E-state index in [9.17, 15) is 13.2 Å². The Labute approximate surface area is 283 Å². The summed E-state index contributed by atoms with van der Waals surface area (Å²) in [7, 11) is -1.18. The molecular weight excluding hydrogens is 637 g/mol. The number of carbonyl (C=O) groups excluding carboxylic acids is 2. The van der Waals surface area contributed by atoms with Crippen LogP contribution in [-0.2, 0) is 28.4 Å². The van der Waals surface area contributed by atoms with Crippen LogP contribution in [0.5, 0.6) is 5.75 Å². The number of carbonyl (C=O) groups is 2. The molecule has 0 aliphatic heterocycles. The first-order chi connectivity index (χ1) is 23.8. The highest BCUT2D eigenvalue weighted by atomic mass is 32.2. The normalized spacial score (nSPS) is 11.5. The number of ether oxygens (including phenoxy) is 2. The Morgan fingerprint density at radius 3 is 2.10 bits per heavy atom. The van der Waals surface area contributed by atoms with Crippen LogP contribution in [-0.4, -0.2) is 27.4 Å². The van der Waals surface area contributed by atoms with Gasteiger partial charge in [0.05, 0.1) is 39.6 Å². The first kappa shape index (κ1) is 31.5. The van der Waals surface area contributed by atoms with E-state index >= 15 is 4.79 Å². The molecule has 0 aliphatic carbocycles. The fraction of sp³-hybridized carbons (Fsp3) is 0.0750. The zero-order valence-electron chi connectivity index (χ0n) is 26.7. The van der Waals surface area contributed by atoms with E-state index < -0.39 is 21.9 Å². The van der Waals surface area contributed by atoms with E-state index in [4.69, 9.17) is 9.47 Å². The van der Waals surface area contributed by atoms with Gasteiger partial charge in [-0.3, -0.25) is 4.79 Å². The van der Waals surface area contributed by atoms with Crippen molar-refractivity contribution in [1.82, 2.24) is 0 Å². The molecule has 0 radical (unpaired) electrons. The highest BCUT2D eigenvalue weighted by Gasteiger charge is 2.36. The van der Waals surface area contributed by atoms with E-state index in [0.717, 1.165) is 31.7 Å². The first-order valence-corrected chi connectivity index (χ1v) is 17.0. The summed E-state index contributed by atoms with van der Waals surface area (Å²) in [4.78, 5) is 27.9. The smallest absolute Gasteiger partial charge is 0.338 e. The topological polar surface area (TPSA) is 93.9 Å². The molecular formula is C40H31N2O6S+. The van der Waals surface area contributed by atoms with Gasteiger partial charge in [-0.25, -0.2) is 13.2 Å². The molecule has 6 aromatic carbocycles. The van der Waals surface area contributed by atoms with Crippen LogP contribution < -0.4 is 13.6 Å². The number of aromatic nitrogens is 1. The van der Waals surface area contributed by atoms with Crippen LogP contribution in [0.1, 0.15) is 26.3 Å². The second kappa shape index (κ2) is 12.9. The van der Waals surface area contributed by atoms with E-state index in [1.807, 2.05) is 103 Å². The van der Waals surface area contributed by atoms with Crippen LogP contribution in [0, 0.1) is 0 Å². The largest absolute Gasteiger partial charge is 0.497 e. The number of methoxy groups -OCH3 is 1. The predicted octanol–water partition coefficient (Wildman–Crippen LogP) is 7.37. The Kier molecular flexibility index (Phi) is 8.27. The lowest BCUT2D eigenvalue weighted by Gasteiger charge is -2.24. The maximum absolute atomic E-state index is 15.1. The van der Waals surface area contributed by atoms with Crippen LogP contribution >= 0.6 is 0 Å².